The molecule has 0 aromatic heterocycles. The molecule has 0 aliphatic carbocycles. The largest absolute Gasteiger partial charge is 0.322 e. The Kier molecular flexibility index (Phi) is 5.57. The summed E-state index contributed by atoms with van der Waals surface area (Å²) in [6, 6.07) is 13.6. The summed E-state index contributed by atoms with van der Waals surface area (Å²) in [5.41, 5.74) is 0.814. The predicted octanol–water partition coefficient (Wildman–Crippen LogP) is 3.73. The van der Waals surface area contributed by atoms with Gasteiger partial charge in [-0.3, -0.25) is 4.79 Å². The molecular formula is C16H16INO3S. The van der Waals surface area contributed by atoms with Gasteiger partial charge in [-0.2, -0.15) is 0 Å². The van der Waals surface area contributed by atoms with E-state index in [1.165, 1.54) is 12.1 Å². The van der Waals surface area contributed by atoms with E-state index in [1.54, 1.807) is 25.1 Å². The van der Waals surface area contributed by atoms with Crippen molar-refractivity contribution in [3.63, 3.8) is 0 Å². The van der Waals surface area contributed by atoms with Gasteiger partial charge in [-0.1, -0.05) is 25.1 Å². The van der Waals surface area contributed by atoms with E-state index >= 15 is 0 Å². The number of carbonyl (C=O) groups is 1. The fourth-order valence-electron chi connectivity index (χ4n) is 2.07. The second-order valence-corrected chi connectivity index (χ2v) is 8.10. The monoisotopic (exact) mass is 429 g/mol. The van der Waals surface area contributed by atoms with Crippen molar-refractivity contribution in [1.29, 1.82) is 0 Å². The molecule has 0 bridgehead atoms. The van der Waals surface area contributed by atoms with Crippen LogP contribution >= 0.6 is 22.6 Å². The van der Waals surface area contributed by atoms with Crippen LogP contribution in [-0.4, -0.2) is 20.1 Å². The van der Waals surface area contributed by atoms with Gasteiger partial charge >= 0.3 is 0 Å². The Morgan fingerprint density at radius 1 is 1.14 bits per heavy atom. The summed E-state index contributed by atoms with van der Waals surface area (Å²) >= 11 is 2.15. The number of hydrogen-bond acceptors (Lipinski definition) is 3. The van der Waals surface area contributed by atoms with E-state index in [9.17, 15) is 13.2 Å². The molecule has 2 aromatic rings. The quantitative estimate of drug-likeness (QED) is 0.737. The smallest absolute Gasteiger partial charge is 0.256 e. The minimum atomic E-state index is -3.45. The van der Waals surface area contributed by atoms with Crippen LogP contribution in [0.15, 0.2) is 53.4 Å². The van der Waals surface area contributed by atoms with Crippen LogP contribution < -0.4 is 5.32 Å². The van der Waals surface area contributed by atoms with Crippen LogP contribution in [0.2, 0.25) is 0 Å². The Morgan fingerprint density at radius 3 is 2.55 bits per heavy atom. The third kappa shape index (κ3) is 4.07. The fourth-order valence-corrected chi connectivity index (χ4v) is 4.15. The standard InChI is InChI=1S/C16H16INO3S/c1-2-10-22(20,21)15-9-4-3-8-14(15)16(19)18-13-7-5-6-12(17)11-13/h3-9,11H,2,10H2,1H3,(H,18,19). The highest BCUT2D eigenvalue weighted by Gasteiger charge is 2.21. The molecule has 0 unspecified atom stereocenters. The van der Waals surface area contributed by atoms with Crippen LogP contribution in [0.3, 0.4) is 0 Å². The SMILES string of the molecule is CCCS(=O)(=O)c1ccccc1C(=O)Nc1cccc(I)c1. The molecule has 0 aliphatic heterocycles. The Bertz CT molecular complexity index is 787. The third-order valence-electron chi connectivity index (χ3n) is 3.02. The summed E-state index contributed by atoms with van der Waals surface area (Å²) in [6.07, 6.45) is 0.509. The number of benzene rings is 2. The van der Waals surface area contributed by atoms with Crippen molar-refractivity contribution in [1.82, 2.24) is 0 Å². The van der Waals surface area contributed by atoms with Crippen molar-refractivity contribution in [3.8, 4) is 0 Å². The van der Waals surface area contributed by atoms with Crippen molar-refractivity contribution < 1.29 is 13.2 Å². The summed E-state index contributed by atoms with van der Waals surface area (Å²) in [4.78, 5) is 12.5. The number of halogens is 1. The molecule has 116 valence electrons. The summed E-state index contributed by atoms with van der Waals surface area (Å²) in [5, 5.41) is 2.75. The van der Waals surface area contributed by atoms with Crippen LogP contribution in [-0.2, 0) is 9.84 Å². The lowest BCUT2D eigenvalue weighted by atomic mass is 10.2. The summed E-state index contributed by atoms with van der Waals surface area (Å²) in [6.45, 7) is 1.80. The zero-order valence-electron chi connectivity index (χ0n) is 12.0. The first-order chi connectivity index (χ1) is 10.4. The lowest BCUT2D eigenvalue weighted by Gasteiger charge is -2.10. The van der Waals surface area contributed by atoms with E-state index in [2.05, 4.69) is 27.9 Å². The number of sulfone groups is 1. The molecule has 0 aliphatic rings. The second kappa shape index (κ2) is 7.23. The van der Waals surface area contributed by atoms with E-state index in [0.717, 1.165) is 3.57 Å². The van der Waals surface area contributed by atoms with Crippen molar-refractivity contribution in [3.05, 3.63) is 57.7 Å². The Balaban J connectivity index is 2.35. The molecule has 0 saturated carbocycles. The van der Waals surface area contributed by atoms with E-state index in [4.69, 9.17) is 0 Å². The highest BCUT2D eigenvalue weighted by molar-refractivity contribution is 14.1. The van der Waals surface area contributed by atoms with Gasteiger partial charge in [0.25, 0.3) is 5.91 Å². The van der Waals surface area contributed by atoms with Gasteiger partial charge in [0, 0.05) is 9.26 Å². The Morgan fingerprint density at radius 2 is 1.86 bits per heavy atom. The van der Waals surface area contributed by atoms with Crippen LogP contribution in [0.5, 0.6) is 0 Å². The first-order valence-electron chi connectivity index (χ1n) is 6.83. The Labute approximate surface area is 144 Å². The summed E-state index contributed by atoms with van der Waals surface area (Å²) in [7, 11) is -3.45. The van der Waals surface area contributed by atoms with E-state index in [1.807, 2.05) is 18.2 Å². The van der Waals surface area contributed by atoms with Gasteiger partial charge in [0.15, 0.2) is 9.84 Å². The van der Waals surface area contributed by atoms with E-state index < -0.39 is 15.7 Å². The topological polar surface area (TPSA) is 63.2 Å². The highest BCUT2D eigenvalue weighted by Crippen LogP contribution is 2.20. The lowest BCUT2D eigenvalue weighted by molar-refractivity contribution is 0.102. The number of rotatable bonds is 5. The lowest BCUT2D eigenvalue weighted by Crippen LogP contribution is -2.17. The van der Waals surface area contributed by atoms with Gasteiger partial charge < -0.3 is 5.32 Å². The van der Waals surface area contributed by atoms with Crippen molar-refractivity contribution in [2.45, 2.75) is 18.2 Å². The van der Waals surface area contributed by atoms with Crippen LogP contribution in [0.4, 0.5) is 5.69 Å². The normalized spacial score (nSPS) is 11.2. The first-order valence-corrected chi connectivity index (χ1v) is 9.56. The van der Waals surface area contributed by atoms with Crippen LogP contribution in [0.25, 0.3) is 0 Å². The van der Waals surface area contributed by atoms with E-state index in [0.29, 0.717) is 12.1 Å². The molecule has 4 nitrogen and oxygen atoms in total. The van der Waals surface area contributed by atoms with Gasteiger partial charge in [-0.05, 0) is 59.3 Å². The molecular weight excluding hydrogens is 413 g/mol. The minimum absolute atomic E-state index is 0.0283. The molecule has 2 aromatic carbocycles. The number of nitrogens with one attached hydrogen (secondary N) is 1. The molecule has 1 N–H and O–H groups in total. The van der Waals surface area contributed by atoms with Gasteiger partial charge in [0.2, 0.25) is 0 Å². The number of carbonyl (C=O) groups excluding carboxylic acids is 1. The molecule has 1 amide bonds. The molecule has 0 atom stereocenters. The van der Waals surface area contributed by atoms with Gasteiger partial charge in [-0.15, -0.1) is 0 Å². The maximum Gasteiger partial charge on any atom is 0.256 e. The zero-order valence-corrected chi connectivity index (χ0v) is 15.0. The van der Waals surface area contributed by atoms with Crippen molar-refractivity contribution in [2.75, 3.05) is 11.1 Å². The summed E-state index contributed by atoms with van der Waals surface area (Å²) in [5.74, 6) is -0.391. The number of anilines is 1. The van der Waals surface area contributed by atoms with Crippen LogP contribution in [0, 0.1) is 3.57 Å². The van der Waals surface area contributed by atoms with Crippen LogP contribution in [0.1, 0.15) is 23.7 Å². The van der Waals surface area contributed by atoms with Gasteiger partial charge in [-0.25, -0.2) is 8.42 Å². The molecule has 22 heavy (non-hydrogen) atoms. The minimum Gasteiger partial charge on any atom is -0.322 e. The van der Waals surface area contributed by atoms with Crippen molar-refractivity contribution in [2.24, 2.45) is 0 Å². The fraction of sp³-hybridized carbons (Fsp3) is 0.188. The van der Waals surface area contributed by atoms with Gasteiger partial charge in [0.05, 0.1) is 16.2 Å². The maximum atomic E-state index is 12.4. The highest BCUT2D eigenvalue weighted by atomic mass is 127. The molecule has 0 fully saturated rings. The van der Waals surface area contributed by atoms with Crippen molar-refractivity contribution >= 4 is 44.0 Å². The third-order valence-corrected chi connectivity index (χ3v) is 5.66. The first kappa shape index (κ1) is 17.0. The summed E-state index contributed by atoms with van der Waals surface area (Å²) < 4.78 is 25.6. The molecule has 0 saturated heterocycles. The second-order valence-electron chi connectivity index (χ2n) is 4.78. The number of hydrogen-bond donors (Lipinski definition) is 1. The average molecular weight is 429 g/mol. The predicted molar refractivity (Wildman–Crippen MR) is 95.9 cm³/mol. The molecule has 0 spiro atoms. The maximum absolute atomic E-state index is 12.4. The zero-order chi connectivity index (χ0) is 16.2. The Hall–Kier alpha value is -1.41. The number of amides is 1. The average Bonchev–Trinajstić information content (AvgIpc) is 2.47. The van der Waals surface area contributed by atoms with E-state index in [-0.39, 0.29) is 16.2 Å². The molecule has 6 heteroatoms. The molecule has 0 radical (unpaired) electrons. The molecule has 0 heterocycles. The van der Waals surface area contributed by atoms with Gasteiger partial charge in [0.1, 0.15) is 0 Å². The molecule has 2 rings (SSSR count).